The number of hydrogen-bond acceptors (Lipinski definition) is 5. The second-order valence-electron chi connectivity index (χ2n) is 9.77. The summed E-state index contributed by atoms with van der Waals surface area (Å²) in [6, 6.07) is 16.7. The number of sulfonamides is 1. The number of hydrogen-bond donors (Lipinski definition) is 1. The minimum atomic E-state index is -3.60. The Bertz CT molecular complexity index is 1100. The summed E-state index contributed by atoms with van der Waals surface area (Å²) in [5, 5.41) is 9.82. The van der Waals surface area contributed by atoms with E-state index in [0.717, 1.165) is 31.2 Å². The van der Waals surface area contributed by atoms with Crippen molar-refractivity contribution < 1.29 is 27.8 Å². The first-order chi connectivity index (χ1) is 17.3. The van der Waals surface area contributed by atoms with E-state index in [1.165, 1.54) is 21.0 Å². The normalized spacial score (nSPS) is 24.7. The Hall–Kier alpha value is -2.62. The van der Waals surface area contributed by atoms with Gasteiger partial charge in [0.05, 0.1) is 32.1 Å². The topological polar surface area (TPSA) is 96.4 Å². The van der Waals surface area contributed by atoms with Gasteiger partial charge in [0.1, 0.15) is 5.75 Å². The number of amides is 1. The quantitative estimate of drug-likeness (QED) is 0.533. The monoisotopic (exact) mass is 516 g/mol. The first-order valence-corrected chi connectivity index (χ1v) is 14.4. The van der Waals surface area contributed by atoms with E-state index in [2.05, 4.69) is 24.3 Å². The van der Waals surface area contributed by atoms with Crippen LogP contribution in [0.1, 0.15) is 49.1 Å². The predicted octanol–water partition coefficient (Wildman–Crippen LogP) is 4.32. The van der Waals surface area contributed by atoms with Gasteiger partial charge in [0.25, 0.3) is 0 Å². The lowest BCUT2D eigenvalue weighted by Gasteiger charge is -2.35. The Labute approximate surface area is 213 Å². The summed E-state index contributed by atoms with van der Waals surface area (Å²) in [4.78, 5) is 13.3. The van der Waals surface area contributed by atoms with Gasteiger partial charge in [-0.3, -0.25) is 0 Å². The van der Waals surface area contributed by atoms with Crippen molar-refractivity contribution in [1.29, 1.82) is 0 Å². The average molecular weight is 517 g/mol. The van der Waals surface area contributed by atoms with Crippen molar-refractivity contribution in [1.82, 2.24) is 9.21 Å². The second-order valence-corrected chi connectivity index (χ2v) is 11.7. The Balaban J connectivity index is 1.43. The minimum absolute atomic E-state index is 0.0510. The number of methoxy groups -OCH3 is 1. The zero-order valence-electron chi connectivity index (χ0n) is 21.0. The summed E-state index contributed by atoms with van der Waals surface area (Å²) in [5.41, 5.74) is 2.17. The number of nitrogens with zero attached hydrogens (tertiary/aromatic N) is 2. The van der Waals surface area contributed by atoms with E-state index in [0.29, 0.717) is 18.1 Å². The molecule has 0 aromatic heterocycles. The van der Waals surface area contributed by atoms with Gasteiger partial charge in [-0.05, 0) is 61.3 Å². The third-order valence-corrected chi connectivity index (χ3v) is 8.75. The molecule has 4 rings (SSSR count). The van der Waals surface area contributed by atoms with E-state index < -0.39 is 28.2 Å². The third-order valence-electron chi connectivity index (χ3n) is 7.50. The molecule has 1 aliphatic heterocycles. The first kappa shape index (κ1) is 26.4. The van der Waals surface area contributed by atoms with Crippen LogP contribution < -0.4 is 4.74 Å². The van der Waals surface area contributed by atoms with Crippen molar-refractivity contribution in [2.75, 3.05) is 26.5 Å². The Morgan fingerprint density at radius 2 is 1.69 bits per heavy atom. The summed E-state index contributed by atoms with van der Waals surface area (Å²) < 4.78 is 38.6. The van der Waals surface area contributed by atoms with Crippen molar-refractivity contribution in [2.24, 2.45) is 0 Å². The highest BCUT2D eigenvalue weighted by molar-refractivity contribution is 7.88. The Morgan fingerprint density at radius 3 is 2.28 bits per heavy atom. The van der Waals surface area contributed by atoms with Crippen LogP contribution >= 0.6 is 0 Å². The van der Waals surface area contributed by atoms with Gasteiger partial charge in [0, 0.05) is 19.1 Å². The smallest absolute Gasteiger partial charge is 0.407 e. The average Bonchev–Trinajstić information content (AvgIpc) is 3.30. The zero-order chi connectivity index (χ0) is 25.7. The van der Waals surface area contributed by atoms with Crippen LogP contribution in [0.2, 0.25) is 0 Å². The predicted molar refractivity (Wildman–Crippen MR) is 138 cm³/mol. The number of rotatable bonds is 9. The lowest BCUT2D eigenvalue weighted by Crippen LogP contribution is -2.50. The van der Waals surface area contributed by atoms with Gasteiger partial charge in [-0.25, -0.2) is 13.2 Å². The molecule has 1 saturated carbocycles. The molecular weight excluding hydrogens is 480 g/mol. The second kappa shape index (κ2) is 11.6. The van der Waals surface area contributed by atoms with Crippen LogP contribution in [0.4, 0.5) is 4.79 Å². The summed E-state index contributed by atoms with van der Waals surface area (Å²) >= 11 is 0. The molecule has 2 atom stereocenters. The number of benzene rings is 2. The van der Waals surface area contributed by atoms with E-state index in [-0.39, 0.29) is 25.8 Å². The molecule has 0 bridgehead atoms. The van der Waals surface area contributed by atoms with Crippen LogP contribution in [0.25, 0.3) is 0 Å². The van der Waals surface area contributed by atoms with Crippen LogP contribution in [0, 0.1) is 0 Å². The van der Waals surface area contributed by atoms with Crippen LogP contribution in [-0.4, -0.2) is 73.5 Å². The van der Waals surface area contributed by atoms with Crippen LogP contribution in [0.5, 0.6) is 5.75 Å². The molecule has 9 heteroatoms. The molecule has 2 aromatic carbocycles. The largest absolute Gasteiger partial charge is 0.497 e. The van der Waals surface area contributed by atoms with E-state index in [4.69, 9.17) is 9.47 Å². The standard InChI is InChI=1S/C27H36N2O6S/c1-34-23-12-8-20(9-13-23)18-29(36(2,32)33)25-16-17-28(27(30)31)26(25)19-35-24-14-10-22(11-15-24)21-6-4-3-5-7-21/h3-9,12-13,22,24-26H,10-11,14-19H2,1-2H3,(H,30,31)/t22?,24?,25-,26-/m0/s1. The number of carbonyl (C=O) groups is 1. The number of ether oxygens (including phenoxy) is 2. The highest BCUT2D eigenvalue weighted by Gasteiger charge is 2.43. The van der Waals surface area contributed by atoms with Crippen LogP contribution in [0.3, 0.4) is 0 Å². The molecule has 1 aliphatic carbocycles. The van der Waals surface area contributed by atoms with Crippen molar-refractivity contribution in [2.45, 2.75) is 62.8 Å². The molecule has 2 aliphatic rings. The molecular formula is C27H36N2O6S. The van der Waals surface area contributed by atoms with E-state index in [9.17, 15) is 18.3 Å². The lowest BCUT2D eigenvalue weighted by molar-refractivity contribution is -0.00961. The highest BCUT2D eigenvalue weighted by atomic mass is 32.2. The summed E-state index contributed by atoms with van der Waals surface area (Å²) in [6.07, 6.45) is 4.49. The molecule has 0 spiro atoms. The minimum Gasteiger partial charge on any atom is -0.497 e. The van der Waals surface area contributed by atoms with Gasteiger partial charge in [0.2, 0.25) is 10.0 Å². The van der Waals surface area contributed by atoms with Crippen LogP contribution in [0.15, 0.2) is 54.6 Å². The fourth-order valence-electron chi connectivity index (χ4n) is 5.53. The van der Waals surface area contributed by atoms with Crippen molar-refractivity contribution in [3.63, 3.8) is 0 Å². The molecule has 0 radical (unpaired) electrons. The Morgan fingerprint density at radius 1 is 1.03 bits per heavy atom. The summed E-state index contributed by atoms with van der Waals surface area (Å²) in [5.74, 6) is 1.21. The zero-order valence-corrected chi connectivity index (χ0v) is 21.8. The molecule has 1 saturated heterocycles. The Kier molecular flexibility index (Phi) is 8.54. The van der Waals surface area contributed by atoms with E-state index >= 15 is 0 Å². The molecule has 36 heavy (non-hydrogen) atoms. The van der Waals surface area contributed by atoms with Gasteiger partial charge < -0.3 is 19.5 Å². The maximum atomic E-state index is 12.8. The van der Waals surface area contributed by atoms with Gasteiger partial charge in [-0.15, -0.1) is 0 Å². The number of likely N-dealkylation sites (tertiary alicyclic amines) is 1. The summed E-state index contributed by atoms with van der Waals surface area (Å²) in [7, 11) is -2.02. The number of carboxylic acid groups (broad SMARTS) is 1. The van der Waals surface area contributed by atoms with Gasteiger partial charge in [-0.1, -0.05) is 42.5 Å². The SMILES string of the molecule is COc1ccc(CN([C@H]2CCN(C(=O)O)[C@H]2COC2CCC(c3ccccc3)CC2)S(C)(=O)=O)cc1. The van der Waals surface area contributed by atoms with E-state index in [1.54, 1.807) is 19.2 Å². The maximum Gasteiger partial charge on any atom is 0.407 e. The van der Waals surface area contributed by atoms with Gasteiger partial charge in [-0.2, -0.15) is 4.31 Å². The van der Waals surface area contributed by atoms with Crippen molar-refractivity contribution in [3.8, 4) is 5.75 Å². The fraction of sp³-hybridized carbons (Fsp3) is 0.519. The molecule has 2 fully saturated rings. The molecule has 1 amide bonds. The summed E-state index contributed by atoms with van der Waals surface area (Å²) in [6.45, 7) is 0.634. The molecule has 0 unspecified atom stereocenters. The van der Waals surface area contributed by atoms with E-state index in [1.807, 2.05) is 18.2 Å². The maximum absolute atomic E-state index is 12.8. The third kappa shape index (κ3) is 6.38. The first-order valence-electron chi connectivity index (χ1n) is 12.5. The lowest BCUT2D eigenvalue weighted by atomic mass is 9.83. The van der Waals surface area contributed by atoms with Crippen molar-refractivity contribution >= 4 is 16.1 Å². The molecule has 1 N–H and O–H groups in total. The fourth-order valence-corrected chi connectivity index (χ4v) is 6.65. The van der Waals surface area contributed by atoms with Gasteiger partial charge in [0.15, 0.2) is 0 Å². The van der Waals surface area contributed by atoms with Crippen molar-refractivity contribution in [3.05, 3.63) is 65.7 Å². The molecule has 1 heterocycles. The molecule has 196 valence electrons. The van der Waals surface area contributed by atoms with Crippen LogP contribution in [-0.2, 0) is 21.3 Å². The molecule has 2 aromatic rings. The van der Waals surface area contributed by atoms with Gasteiger partial charge >= 0.3 is 6.09 Å². The molecule has 8 nitrogen and oxygen atoms in total. The highest BCUT2D eigenvalue weighted by Crippen LogP contribution is 2.35.